The second-order valence-electron chi connectivity index (χ2n) is 6.75. The van der Waals surface area contributed by atoms with E-state index in [9.17, 15) is 17.6 Å². The topological polar surface area (TPSA) is 60.4 Å². The average molecular weight is 387 g/mol. The third-order valence-electron chi connectivity index (χ3n) is 4.92. The lowest BCUT2D eigenvalue weighted by Gasteiger charge is -2.27. The van der Waals surface area contributed by atoms with Crippen LogP contribution in [0.15, 0.2) is 29.8 Å². The SMILES string of the molecule is CCOC(=O)C1=CC2(CCC1S(=O)(=O)Cc1ccc(F)cc1Cl)CC2. The van der Waals surface area contributed by atoms with Crippen molar-refractivity contribution in [2.45, 2.75) is 43.6 Å². The maximum absolute atomic E-state index is 13.2. The first kappa shape index (κ1) is 18.4. The highest BCUT2D eigenvalue weighted by atomic mass is 35.5. The Bertz CT molecular complexity index is 827. The normalized spacial score (nSPS) is 21.7. The Hall–Kier alpha value is -1.40. The van der Waals surface area contributed by atoms with Crippen LogP contribution in [0.5, 0.6) is 0 Å². The Morgan fingerprint density at radius 3 is 2.68 bits per heavy atom. The van der Waals surface area contributed by atoms with Crippen LogP contribution in [0.3, 0.4) is 0 Å². The van der Waals surface area contributed by atoms with Gasteiger partial charge >= 0.3 is 5.97 Å². The highest BCUT2D eigenvalue weighted by Crippen LogP contribution is 2.55. The Kier molecular flexibility index (Phi) is 4.95. The van der Waals surface area contributed by atoms with Gasteiger partial charge in [0, 0.05) is 5.02 Å². The predicted molar refractivity (Wildman–Crippen MR) is 93.4 cm³/mol. The molecule has 1 saturated carbocycles. The molecule has 7 heteroatoms. The van der Waals surface area contributed by atoms with Crippen LogP contribution in [0.25, 0.3) is 0 Å². The van der Waals surface area contributed by atoms with Crippen molar-refractivity contribution in [2.75, 3.05) is 6.61 Å². The monoisotopic (exact) mass is 386 g/mol. The van der Waals surface area contributed by atoms with Crippen LogP contribution < -0.4 is 0 Å². The van der Waals surface area contributed by atoms with Crippen LogP contribution in [-0.4, -0.2) is 26.2 Å². The number of allylic oxidation sites excluding steroid dienone is 1. The molecule has 2 aliphatic rings. The molecule has 0 heterocycles. The number of benzene rings is 1. The van der Waals surface area contributed by atoms with Crippen molar-refractivity contribution < 1.29 is 22.3 Å². The van der Waals surface area contributed by atoms with Crippen molar-refractivity contribution in [3.8, 4) is 0 Å². The van der Waals surface area contributed by atoms with E-state index in [1.165, 1.54) is 12.1 Å². The lowest BCUT2D eigenvalue weighted by molar-refractivity contribution is -0.138. The van der Waals surface area contributed by atoms with Gasteiger partial charge in [-0.3, -0.25) is 0 Å². The van der Waals surface area contributed by atoms with E-state index in [4.69, 9.17) is 16.3 Å². The largest absolute Gasteiger partial charge is 0.463 e. The van der Waals surface area contributed by atoms with Crippen LogP contribution in [0, 0.1) is 11.2 Å². The molecule has 1 spiro atoms. The molecule has 0 aromatic heterocycles. The van der Waals surface area contributed by atoms with E-state index in [-0.39, 0.29) is 28.4 Å². The highest BCUT2D eigenvalue weighted by Gasteiger charge is 2.48. The fourth-order valence-electron chi connectivity index (χ4n) is 3.36. The zero-order chi connectivity index (χ0) is 18.2. The molecule has 0 aliphatic heterocycles. The van der Waals surface area contributed by atoms with Gasteiger partial charge in [0.05, 0.1) is 23.2 Å². The van der Waals surface area contributed by atoms with Gasteiger partial charge in [-0.15, -0.1) is 0 Å². The van der Waals surface area contributed by atoms with Crippen LogP contribution in [0.1, 0.15) is 38.2 Å². The lowest BCUT2D eigenvalue weighted by atomic mass is 9.87. The standard InChI is InChI=1S/C18H20ClFO4S/c1-2-24-17(21)14-10-18(7-8-18)6-5-16(14)25(22,23)11-12-3-4-13(20)9-15(12)19/h3-4,9-10,16H,2,5-8,11H2,1H3. The molecule has 1 fully saturated rings. The number of rotatable bonds is 5. The average Bonchev–Trinajstić information content (AvgIpc) is 3.29. The minimum Gasteiger partial charge on any atom is -0.463 e. The maximum Gasteiger partial charge on any atom is 0.335 e. The molecule has 2 aliphatic carbocycles. The summed E-state index contributed by atoms with van der Waals surface area (Å²) in [7, 11) is -3.68. The maximum atomic E-state index is 13.2. The van der Waals surface area contributed by atoms with Crippen LogP contribution in [0.2, 0.25) is 5.02 Å². The Morgan fingerprint density at radius 1 is 1.36 bits per heavy atom. The van der Waals surface area contributed by atoms with Gasteiger partial charge < -0.3 is 4.74 Å². The van der Waals surface area contributed by atoms with Gasteiger partial charge in [0.1, 0.15) is 5.82 Å². The number of sulfone groups is 1. The van der Waals surface area contributed by atoms with Gasteiger partial charge in [0.15, 0.2) is 9.84 Å². The smallest absolute Gasteiger partial charge is 0.335 e. The summed E-state index contributed by atoms with van der Waals surface area (Å²) in [6, 6.07) is 3.64. The van der Waals surface area contributed by atoms with Gasteiger partial charge in [0.25, 0.3) is 0 Å². The fraction of sp³-hybridized carbons (Fsp3) is 0.500. The summed E-state index contributed by atoms with van der Waals surface area (Å²) < 4.78 is 44.1. The molecule has 1 aromatic rings. The van der Waals surface area contributed by atoms with Crippen molar-refractivity contribution in [1.82, 2.24) is 0 Å². The molecule has 0 amide bonds. The summed E-state index contributed by atoms with van der Waals surface area (Å²) >= 11 is 5.97. The number of carbonyl (C=O) groups is 1. The minimum absolute atomic E-state index is 0.0262. The molecule has 1 aromatic carbocycles. The number of halogens is 2. The molecule has 0 radical (unpaired) electrons. The van der Waals surface area contributed by atoms with E-state index in [0.29, 0.717) is 12.0 Å². The molecule has 25 heavy (non-hydrogen) atoms. The van der Waals surface area contributed by atoms with E-state index < -0.39 is 26.9 Å². The van der Waals surface area contributed by atoms with Crippen molar-refractivity contribution in [2.24, 2.45) is 5.41 Å². The fourth-order valence-corrected chi connectivity index (χ4v) is 5.59. The van der Waals surface area contributed by atoms with Crippen molar-refractivity contribution in [3.63, 3.8) is 0 Å². The van der Waals surface area contributed by atoms with E-state index in [1.807, 2.05) is 6.08 Å². The van der Waals surface area contributed by atoms with Gasteiger partial charge in [0.2, 0.25) is 0 Å². The Morgan fingerprint density at radius 2 is 2.08 bits per heavy atom. The first-order chi connectivity index (χ1) is 11.8. The van der Waals surface area contributed by atoms with Crippen molar-refractivity contribution in [3.05, 3.63) is 46.3 Å². The molecule has 1 unspecified atom stereocenters. The van der Waals surface area contributed by atoms with Gasteiger partial charge in [-0.1, -0.05) is 23.7 Å². The third kappa shape index (κ3) is 3.90. The summed E-state index contributed by atoms with van der Waals surface area (Å²) in [5.74, 6) is -1.42. The number of ether oxygens (including phenoxy) is 1. The predicted octanol–water partition coefficient (Wildman–Crippen LogP) is 3.83. The molecule has 1 atom stereocenters. The van der Waals surface area contributed by atoms with E-state index >= 15 is 0 Å². The molecule has 3 rings (SSSR count). The highest BCUT2D eigenvalue weighted by molar-refractivity contribution is 7.91. The minimum atomic E-state index is -3.68. The summed E-state index contributed by atoms with van der Waals surface area (Å²) in [6.07, 6.45) is 4.91. The molecule has 4 nitrogen and oxygen atoms in total. The molecule has 0 bridgehead atoms. The lowest BCUT2D eigenvalue weighted by Crippen LogP contribution is -2.33. The van der Waals surface area contributed by atoms with E-state index in [0.717, 1.165) is 25.3 Å². The molecule has 136 valence electrons. The van der Waals surface area contributed by atoms with Gasteiger partial charge in [-0.2, -0.15) is 0 Å². The third-order valence-corrected chi connectivity index (χ3v) is 7.34. The number of esters is 1. The second kappa shape index (κ2) is 6.72. The molecule has 0 N–H and O–H groups in total. The summed E-state index contributed by atoms with van der Waals surface area (Å²) in [6.45, 7) is 1.88. The zero-order valence-corrected chi connectivity index (χ0v) is 15.5. The van der Waals surface area contributed by atoms with Crippen LogP contribution >= 0.6 is 11.6 Å². The van der Waals surface area contributed by atoms with Gasteiger partial charge in [-0.05, 0) is 55.7 Å². The first-order valence-corrected chi connectivity index (χ1v) is 10.4. The summed E-state index contributed by atoms with van der Waals surface area (Å²) in [5.41, 5.74) is 0.545. The van der Waals surface area contributed by atoms with Gasteiger partial charge in [-0.25, -0.2) is 17.6 Å². The van der Waals surface area contributed by atoms with E-state index in [1.54, 1.807) is 6.92 Å². The second-order valence-corrected chi connectivity index (χ2v) is 9.34. The quantitative estimate of drug-likeness (QED) is 0.721. The molecular weight excluding hydrogens is 367 g/mol. The molecular formula is C18H20ClFO4S. The van der Waals surface area contributed by atoms with E-state index in [2.05, 4.69) is 0 Å². The number of hydrogen-bond acceptors (Lipinski definition) is 4. The van der Waals surface area contributed by atoms with Crippen LogP contribution in [-0.2, 0) is 25.1 Å². The van der Waals surface area contributed by atoms with Crippen LogP contribution in [0.4, 0.5) is 4.39 Å². The summed E-state index contributed by atoms with van der Waals surface area (Å²) in [4.78, 5) is 12.3. The number of hydrogen-bond donors (Lipinski definition) is 0. The molecule has 0 saturated heterocycles. The Labute approximate surface area is 151 Å². The number of carbonyl (C=O) groups excluding carboxylic acids is 1. The van der Waals surface area contributed by atoms with Crippen molar-refractivity contribution in [1.29, 1.82) is 0 Å². The summed E-state index contributed by atoms with van der Waals surface area (Å²) in [5, 5.41) is -0.835. The Balaban J connectivity index is 1.90. The first-order valence-electron chi connectivity index (χ1n) is 8.32. The van der Waals surface area contributed by atoms with Crippen molar-refractivity contribution >= 4 is 27.4 Å². The zero-order valence-electron chi connectivity index (χ0n) is 13.9.